The maximum Gasteiger partial charge on any atom is 0.255 e. The third kappa shape index (κ3) is 3.21. The number of hydrogen-bond acceptors (Lipinski definition) is 3. The van der Waals surface area contributed by atoms with Gasteiger partial charge < -0.3 is 14.4 Å². The van der Waals surface area contributed by atoms with Gasteiger partial charge in [0.15, 0.2) is 0 Å². The highest BCUT2D eigenvalue weighted by molar-refractivity contribution is 14.1. The van der Waals surface area contributed by atoms with Crippen LogP contribution in [0.15, 0.2) is 18.2 Å². The zero-order valence-electron chi connectivity index (χ0n) is 10.7. The molecule has 1 aromatic carbocycles. The van der Waals surface area contributed by atoms with Gasteiger partial charge in [-0.1, -0.05) is 11.6 Å². The van der Waals surface area contributed by atoms with Gasteiger partial charge in [-0.15, -0.1) is 0 Å². The number of benzene rings is 1. The molecule has 0 bridgehead atoms. The van der Waals surface area contributed by atoms with Gasteiger partial charge in [0, 0.05) is 35.9 Å². The first kappa shape index (κ1) is 15.0. The second-order valence-corrected chi connectivity index (χ2v) is 5.98. The maximum atomic E-state index is 12.5. The summed E-state index contributed by atoms with van der Waals surface area (Å²) in [6.07, 6.45) is -0.156. The minimum absolute atomic E-state index is 0.0338. The molecule has 19 heavy (non-hydrogen) atoms. The Labute approximate surface area is 131 Å². The fourth-order valence-electron chi connectivity index (χ4n) is 2.19. The number of hydrogen-bond donors (Lipinski definition) is 0. The topological polar surface area (TPSA) is 38.8 Å². The summed E-state index contributed by atoms with van der Waals surface area (Å²) in [4.78, 5) is 14.2. The third-order valence-corrected chi connectivity index (χ3v) is 4.44. The van der Waals surface area contributed by atoms with Crippen LogP contribution in [-0.2, 0) is 9.47 Å². The predicted molar refractivity (Wildman–Crippen MR) is 81.7 cm³/mol. The molecule has 1 fully saturated rings. The summed E-state index contributed by atoms with van der Waals surface area (Å²) >= 11 is 8.10. The molecule has 2 atom stereocenters. The van der Waals surface area contributed by atoms with E-state index in [0.717, 1.165) is 3.57 Å². The van der Waals surface area contributed by atoms with E-state index in [9.17, 15) is 4.79 Å². The van der Waals surface area contributed by atoms with Crippen LogP contribution < -0.4 is 0 Å². The second kappa shape index (κ2) is 6.39. The molecule has 1 heterocycles. The van der Waals surface area contributed by atoms with Crippen molar-refractivity contribution in [1.29, 1.82) is 0 Å². The van der Waals surface area contributed by atoms with Crippen molar-refractivity contribution in [3.05, 3.63) is 32.4 Å². The number of nitrogens with zero attached hydrogens (tertiary/aromatic N) is 1. The number of likely N-dealkylation sites (tertiary alicyclic amines) is 1. The van der Waals surface area contributed by atoms with E-state index >= 15 is 0 Å². The van der Waals surface area contributed by atoms with E-state index in [4.69, 9.17) is 21.1 Å². The zero-order chi connectivity index (χ0) is 14.0. The van der Waals surface area contributed by atoms with Crippen LogP contribution in [0.1, 0.15) is 10.4 Å². The molecule has 1 saturated heterocycles. The highest BCUT2D eigenvalue weighted by Gasteiger charge is 2.36. The van der Waals surface area contributed by atoms with E-state index in [2.05, 4.69) is 22.6 Å². The van der Waals surface area contributed by atoms with E-state index in [0.29, 0.717) is 23.7 Å². The lowest BCUT2D eigenvalue weighted by molar-refractivity contribution is -0.00461. The molecule has 0 N–H and O–H groups in total. The van der Waals surface area contributed by atoms with Crippen molar-refractivity contribution in [3.8, 4) is 0 Å². The van der Waals surface area contributed by atoms with Crippen molar-refractivity contribution in [1.82, 2.24) is 4.90 Å². The lowest BCUT2D eigenvalue weighted by Gasteiger charge is -2.16. The highest BCUT2D eigenvalue weighted by Crippen LogP contribution is 2.23. The van der Waals surface area contributed by atoms with E-state index in [1.807, 2.05) is 6.07 Å². The summed E-state index contributed by atoms with van der Waals surface area (Å²) in [5.41, 5.74) is 0.625. The van der Waals surface area contributed by atoms with Crippen LogP contribution in [0, 0.1) is 3.57 Å². The number of amides is 1. The van der Waals surface area contributed by atoms with Gasteiger partial charge >= 0.3 is 0 Å². The van der Waals surface area contributed by atoms with Crippen molar-refractivity contribution >= 4 is 40.1 Å². The molecule has 0 radical (unpaired) electrons. The first-order chi connectivity index (χ1) is 9.06. The van der Waals surface area contributed by atoms with Crippen molar-refractivity contribution in [2.24, 2.45) is 0 Å². The number of rotatable bonds is 3. The standard InChI is InChI=1S/C13H15ClINO3/c1-18-11-6-16(7-12(11)19-2)13(17)9-5-8(14)3-4-10(9)15/h3-5,11-12H,6-7H2,1-2H3. The highest BCUT2D eigenvalue weighted by atomic mass is 127. The van der Waals surface area contributed by atoms with Gasteiger partial charge in [-0.25, -0.2) is 0 Å². The summed E-state index contributed by atoms with van der Waals surface area (Å²) in [5, 5.41) is 0.564. The molecule has 4 nitrogen and oxygen atoms in total. The molecule has 1 aliphatic rings. The molecule has 6 heteroatoms. The van der Waals surface area contributed by atoms with Crippen LogP contribution in [0.5, 0.6) is 0 Å². The number of carbonyl (C=O) groups is 1. The van der Waals surface area contributed by atoms with Crippen molar-refractivity contribution in [2.75, 3.05) is 27.3 Å². The molecular formula is C13H15ClINO3. The summed E-state index contributed by atoms with van der Waals surface area (Å²) in [7, 11) is 3.27. The number of carbonyl (C=O) groups excluding carboxylic acids is 1. The summed E-state index contributed by atoms with van der Waals surface area (Å²) in [6, 6.07) is 5.32. The first-order valence-corrected chi connectivity index (χ1v) is 7.32. The molecule has 2 unspecified atom stereocenters. The molecule has 0 saturated carbocycles. The SMILES string of the molecule is COC1CN(C(=O)c2cc(Cl)ccc2I)CC1OC. The molecule has 0 aromatic heterocycles. The Bertz CT molecular complexity index is 471. The summed E-state index contributed by atoms with van der Waals surface area (Å²) in [6.45, 7) is 1.08. The summed E-state index contributed by atoms with van der Waals surface area (Å²) in [5.74, 6) is -0.0338. The fraction of sp³-hybridized carbons (Fsp3) is 0.462. The Morgan fingerprint density at radius 3 is 2.42 bits per heavy atom. The van der Waals surface area contributed by atoms with Crippen LogP contribution in [0.4, 0.5) is 0 Å². The average Bonchev–Trinajstić information content (AvgIpc) is 2.84. The van der Waals surface area contributed by atoms with Crippen molar-refractivity contribution < 1.29 is 14.3 Å². The Morgan fingerprint density at radius 2 is 1.89 bits per heavy atom. The number of halogens is 2. The van der Waals surface area contributed by atoms with Gasteiger partial charge in [0.1, 0.15) is 12.2 Å². The number of methoxy groups -OCH3 is 2. The summed E-state index contributed by atoms with van der Waals surface area (Å²) < 4.78 is 11.6. The van der Waals surface area contributed by atoms with E-state index in [-0.39, 0.29) is 18.1 Å². The lowest BCUT2D eigenvalue weighted by atomic mass is 10.2. The average molecular weight is 396 g/mol. The molecule has 1 aromatic rings. The lowest BCUT2D eigenvalue weighted by Crippen LogP contribution is -2.30. The largest absolute Gasteiger partial charge is 0.377 e. The fourth-order valence-corrected chi connectivity index (χ4v) is 2.93. The Morgan fingerprint density at radius 1 is 1.32 bits per heavy atom. The first-order valence-electron chi connectivity index (χ1n) is 5.86. The Hall–Kier alpha value is -0.370. The van der Waals surface area contributed by atoms with Gasteiger partial charge in [-0.2, -0.15) is 0 Å². The normalized spacial score (nSPS) is 22.8. The molecule has 1 amide bonds. The molecule has 1 aliphatic heterocycles. The van der Waals surface area contributed by atoms with Gasteiger partial charge in [0.05, 0.1) is 5.56 Å². The smallest absolute Gasteiger partial charge is 0.255 e. The molecular weight excluding hydrogens is 381 g/mol. The predicted octanol–water partition coefficient (Wildman–Crippen LogP) is 2.43. The molecule has 0 aliphatic carbocycles. The quantitative estimate of drug-likeness (QED) is 0.738. The second-order valence-electron chi connectivity index (χ2n) is 4.38. The Kier molecular flexibility index (Phi) is 5.05. The van der Waals surface area contributed by atoms with Gasteiger partial charge in [-0.3, -0.25) is 4.79 Å². The minimum Gasteiger partial charge on any atom is -0.377 e. The van der Waals surface area contributed by atoms with Crippen LogP contribution in [-0.4, -0.2) is 50.3 Å². The van der Waals surface area contributed by atoms with Gasteiger partial charge in [0.2, 0.25) is 0 Å². The molecule has 2 rings (SSSR count). The zero-order valence-corrected chi connectivity index (χ0v) is 13.6. The van der Waals surface area contributed by atoms with Crippen LogP contribution in [0.25, 0.3) is 0 Å². The van der Waals surface area contributed by atoms with E-state index in [1.54, 1.807) is 31.3 Å². The van der Waals surface area contributed by atoms with Crippen LogP contribution >= 0.6 is 34.2 Å². The van der Waals surface area contributed by atoms with Crippen molar-refractivity contribution in [2.45, 2.75) is 12.2 Å². The monoisotopic (exact) mass is 395 g/mol. The van der Waals surface area contributed by atoms with Gasteiger partial charge in [0.25, 0.3) is 5.91 Å². The van der Waals surface area contributed by atoms with E-state index in [1.165, 1.54) is 0 Å². The minimum atomic E-state index is -0.0780. The van der Waals surface area contributed by atoms with E-state index < -0.39 is 0 Å². The maximum absolute atomic E-state index is 12.5. The van der Waals surface area contributed by atoms with Crippen LogP contribution in [0.3, 0.4) is 0 Å². The van der Waals surface area contributed by atoms with Crippen LogP contribution in [0.2, 0.25) is 5.02 Å². The van der Waals surface area contributed by atoms with Gasteiger partial charge in [-0.05, 0) is 40.8 Å². The third-order valence-electron chi connectivity index (χ3n) is 3.27. The Balaban J connectivity index is 2.19. The molecule has 0 spiro atoms. The molecule has 104 valence electrons. The van der Waals surface area contributed by atoms with Crippen molar-refractivity contribution in [3.63, 3.8) is 0 Å². The number of ether oxygens (including phenoxy) is 2.